The second kappa shape index (κ2) is 8.19. The number of anilines is 1. The zero-order chi connectivity index (χ0) is 17.8. The fraction of sp³-hybridized carbons (Fsp3) is 0.650. The molecule has 0 aliphatic carbocycles. The van der Waals surface area contributed by atoms with Gasteiger partial charge in [0.05, 0.1) is 18.8 Å². The van der Waals surface area contributed by atoms with Gasteiger partial charge in [-0.3, -0.25) is 9.69 Å². The van der Waals surface area contributed by atoms with Crippen LogP contribution in [0.5, 0.6) is 0 Å². The van der Waals surface area contributed by atoms with Gasteiger partial charge in [0.15, 0.2) is 0 Å². The van der Waals surface area contributed by atoms with E-state index in [1.165, 1.54) is 0 Å². The standard InChI is InChI=1S/C20H31N3O2/c1-4-17-15-22(9-10-23(17)16(2)3)20(24)18-7-5-6-8-19(18)21-11-13-25-14-12-21/h5-8,16-17H,4,9-15H2,1-3H3/t17-/m0/s1. The Balaban J connectivity index is 1.77. The van der Waals surface area contributed by atoms with Crippen molar-refractivity contribution in [2.45, 2.75) is 39.3 Å². The number of amides is 1. The molecule has 2 aliphatic heterocycles. The molecule has 1 aromatic carbocycles. The zero-order valence-corrected chi connectivity index (χ0v) is 15.8. The molecule has 0 aromatic heterocycles. The van der Waals surface area contributed by atoms with Gasteiger partial charge in [0.25, 0.3) is 5.91 Å². The van der Waals surface area contributed by atoms with Gasteiger partial charge < -0.3 is 14.5 Å². The molecule has 5 heteroatoms. The maximum Gasteiger partial charge on any atom is 0.256 e. The third kappa shape index (κ3) is 3.98. The minimum absolute atomic E-state index is 0.170. The maximum absolute atomic E-state index is 13.3. The molecule has 2 aliphatic rings. The first-order valence-electron chi connectivity index (χ1n) is 9.58. The van der Waals surface area contributed by atoms with Gasteiger partial charge in [-0.25, -0.2) is 0 Å². The van der Waals surface area contributed by atoms with E-state index in [9.17, 15) is 4.79 Å². The molecular weight excluding hydrogens is 314 g/mol. The average Bonchev–Trinajstić information content (AvgIpc) is 2.67. The van der Waals surface area contributed by atoms with E-state index in [0.29, 0.717) is 12.1 Å². The Bertz CT molecular complexity index is 584. The number of piperazine rings is 1. The van der Waals surface area contributed by atoms with E-state index in [1.807, 2.05) is 23.1 Å². The Morgan fingerprint density at radius 1 is 1.16 bits per heavy atom. The van der Waals surface area contributed by atoms with Gasteiger partial charge in [-0.05, 0) is 32.4 Å². The Morgan fingerprint density at radius 3 is 2.56 bits per heavy atom. The second-order valence-corrected chi connectivity index (χ2v) is 7.26. The first kappa shape index (κ1) is 18.2. The minimum Gasteiger partial charge on any atom is -0.378 e. The molecule has 2 heterocycles. The van der Waals surface area contributed by atoms with Crippen molar-refractivity contribution < 1.29 is 9.53 Å². The number of carbonyl (C=O) groups is 1. The van der Waals surface area contributed by atoms with Gasteiger partial charge in [0.1, 0.15) is 0 Å². The summed E-state index contributed by atoms with van der Waals surface area (Å²) in [6, 6.07) is 9.02. The fourth-order valence-corrected chi connectivity index (χ4v) is 4.00. The Hall–Kier alpha value is -1.59. The van der Waals surface area contributed by atoms with Crippen molar-refractivity contribution in [3.8, 4) is 0 Å². The Labute approximate surface area is 151 Å². The van der Waals surface area contributed by atoms with Crippen molar-refractivity contribution in [3.63, 3.8) is 0 Å². The number of para-hydroxylation sites is 1. The van der Waals surface area contributed by atoms with Crippen LogP contribution in [-0.4, -0.2) is 73.7 Å². The number of ether oxygens (including phenoxy) is 1. The number of benzene rings is 1. The molecule has 0 saturated carbocycles. The first-order chi connectivity index (χ1) is 12.1. The number of hydrogen-bond donors (Lipinski definition) is 0. The molecule has 138 valence electrons. The van der Waals surface area contributed by atoms with Crippen LogP contribution in [-0.2, 0) is 4.74 Å². The van der Waals surface area contributed by atoms with Crippen molar-refractivity contribution in [1.82, 2.24) is 9.80 Å². The summed E-state index contributed by atoms with van der Waals surface area (Å²) in [6.45, 7) is 12.5. The molecule has 1 aromatic rings. The number of nitrogens with zero attached hydrogens (tertiary/aromatic N) is 3. The van der Waals surface area contributed by atoms with Gasteiger partial charge in [-0.2, -0.15) is 0 Å². The summed E-state index contributed by atoms with van der Waals surface area (Å²) in [5.74, 6) is 0.170. The molecule has 2 saturated heterocycles. The van der Waals surface area contributed by atoms with Crippen LogP contribution in [0.3, 0.4) is 0 Å². The molecule has 0 spiro atoms. The molecule has 0 bridgehead atoms. The molecule has 1 atom stereocenters. The molecule has 0 N–H and O–H groups in total. The van der Waals surface area contributed by atoms with E-state index in [0.717, 1.165) is 63.6 Å². The van der Waals surface area contributed by atoms with Crippen molar-refractivity contribution in [2.75, 3.05) is 50.8 Å². The lowest BCUT2D eigenvalue weighted by atomic mass is 10.0. The summed E-state index contributed by atoms with van der Waals surface area (Å²) in [7, 11) is 0. The molecule has 1 amide bonds. The molecular formula is C20H31N3O2. The van der Waals surface area contributed by atoms with Gasteiger partial charge >= 0.3 is 0 Å². The quantitative estimate of drug-likeness (QED) is 0.840. The highest BCUT2D eigenvalue weighted by Gasteiger charge is 2.31. The van der Waals surface area contributed by atoms with Gasteiger partial charge in [0.2, 0.25) is 0 Å². The van der Waals surface area contributed by atoms with Crippen LogP contribution in [0.4, 0.5) is 5.69 Å². The van der Waals surface area contributed by atoms with E-state index >= 15 is 0 Å². The summed E-state index contributed by atoms with van der Waals surface area (Å²) in [4.78, 5) is 20.1. The highest BCUT2D eigenvalue weighted by molar-refractivity contribution is 6.00. The molecule has 25 heavy (non-hydrogen) atoms. The molecule has 0 radical (unpaired) electrons. The first-order valence-corrected chi connectivity index (χ1v) is 9.58. The number of morpholine rings is 1. The third-order valence-corrected chi connectivity index (χ3v) is 5.44. The van der Waals surface area contributed by atoms with Crippen LogP contribution >= 0.6 is 0 Å². The van der Waals surface area contributed by atoms with Gasteiger partial charge in [-0.15, -0.1) is 0 Å². The maximum atomic E-state index is 13.3. The lowest BCUT2D eigenvalue weighted by Gasteiger charge is -2.43. The predicted molar refractivity (Wildman–Crippen MR) is 101 cm³/mol. The van der Waals surface area contributed by atoms with Crippen LogP contribution in [0.1, 0.15) is 37.6 Å². The monoisotopic (exact) mass is 345 g/mol. The lowest BCUT2D eigenvalue weighted by Crippen LogP contribution is -2.56. The number of hydrogen-bond acceptors (Lipinski definition) is 4. The highest BCUT2D eigenvalue weighted by atomic mass is 16.5. The van der Waals surface area contributed by atoms with Gasteiger partial charge in [0, 0.05) is 50.5 Å². The molecule has 2 fully saturated rings. The molecule has 0 unspecified atom stereocenters. The molecule has 5 nitrogen and oxygen atoms in total. The fourth-order valence-electron chi connectivity index (χ4n) is 4.00. The van der Waals surface area contributed by atoms with Crippen LogP contribution < -0.4 is 4.90 Å². The average molecular weight is 345 g/mol. The van der Waals surface area contributed by atoms with Crippen LogP contribution in [0.25, 0.3) is 0 Å². The number of rotatable bonds is 4. The summed E-state index contributed by atoms with van der Waals surface area (Å²) < 4.78 is 5.46. The largest absolute Gasteiger partial charge is 0.378 e. The van der Waals surface area contributed by atoms with E-state index < -0.39 is 0 Å². The van der Waals surface area contributed by atoms with E-state index in [2.05, 4.69) is 36.6 Å². The van der Waals surface area contributed by atoms with Crippen LogP contribution in [0, 0.1) is 0 Å². The predicted octanol–water partition coefficient (Wildman–Crippen LogP) is 2.47. The van der Waals surface area contributed by atoms with Gasteiger partial charge in [-0.1, -0.05) is 19.1 Å². The zero-order valence-electron chi connectivity index (χ0n) is 15.8. The van der Waals surface area contributed by atoms with Crippen molar-refractivity contribution >= 4 is 11.6 Å². The summed E-state index contributed by atoms with van der Waals surface area (Å²) >= 11 is 0. The summed E-state index contributed by atoms with van der Waals surface area (Å²) in [6.07, 6.45) is 1.08. The van der Waals surface area contributed by atoms with Crippen molar-refractivity contribution in [1.29, 1.82) is 0 Å². The smallest absolute Gasteiger partial charge is 0.256 e. The second-order valence-electron chi connectivity index (χ2n) is 7.26. The van der Waals surface area contributed by atoms with Crippen molar-refractivity contribution in [3.05, 3.63) is 29.8 Å². The normalized spacial score (nSPS) is 22.5. The van der Waals surface area contributed by atoms with Crippen molar-refractivity contribution in [2.24, 2.45) is 0 Å². The van der Waals surface area contributed by atoms with E-state index in [1.54, 1.807) is 0 Å². The topological polar surface area (TPSA) is 36.0 Å². The van der Waals surface area contributed by atoms with Crippen LogP contribution in [0.15, 0.2) is 24.3 Å². The SMILES string of the molecule is CC[C@H]1CN(C(=O)c2ccccc2N2CCOCC2)CCN1C(C)C. The summed E-state index contributed by atoms with van der Waals surface area (Å²) in [5.41, 5.74) is 1.88. The Morgan fingerprint density at radius 2 is 1.88 bits per heavy atom. The van der Waals surface area contributed by atoms with E-state index in [-0.39, 0.29) is 5.91 Å². The lowest BCUT2D eigenvalue weighted by molar-refractivity contribution is 0.0371. The van der Waals surface area contributed by atoms with E-state index in [4.69, 9.17) is 4.74 Å². The third-order valence-electron chi connectivity index (χ3n) is 5.44. The highest BCUT2D eigenvalue weighted by Crippen LogP contribution is 2.25. The van der Waals surface area contributed by atoms with Crippen LogP contribution in [0.2, 0.25) is 0 Å². The Kier molecular flexibility index (Phi) is 5.97. The number of carbonyl (C=O) groups excluding carboxylic acids is 1. The molecule has 3 rings (SSSR count). The summed E-state index contributed by atoms with van der Waals surface area (Å²) in [5, 5.41) is 0. The minimum atomic E-state index is 0.170.